The Labute approximate surface area is 169 Å². The first-order chi connectivity index (χ1) is 14.0. The minimum atomic E-state index is -4.69. The van der Waals surface area contributed by atoms with Crippen molar-refractivity contribution >= 4 is 26.8 Å². The summed E-state index contributed by atoms with van der Waals surface area (Å²) in [6.45, 7) is 0.359. The molecule has 1 aromatic carbocycles. The molecule has 0 saturated heterocycles. The minimum absolute atomic E-state index is 0.0539. The monoisotopic (exact) mass is 442 g/mol. The van der Waals surface area contributed by atoms with Gasteiger partial charge in [0.05, 0.1) is 29.1 Å². The van der Waals surface area contributed by atoms with Gasteiger partial charge in [-0.25, -0.2) is 13.4 Å². The van der Waals surface area contributed by atoms with Crippen molar-refractivity contribution in [1.29, 1.82) is 0 Å². The smallest absolute Gasteiger partial charge is 0.392 e. The molecule has 0 fully saturated rings. The van der Waals surface area contributed by atoms with Crippen molar-refractivity contribution in [3.63, 3.8) is 0 Å². The number of aliphatic hydroxyl groups is 1. The maximum atomic E-state index is 12.8. The first-order valence-electron chi connectivity index (χ1n) is 8.68. The molecule has 2 heterocycles. The fourth-order valence-electron chi connectivity index (χ4n) is 2.90. The summed E-state index contributed by atoms with van der Waals surface area (Å²) in [4.78, 5) is 20.1. The Balaban J connectivity index is 2.04. The molecule has 3 rings (SSSR count). The Kier molecular flexibility index (Phi) is 5.56. The molecule has 1 atom stereocenters. The molecule has 12 heteroatoms. The number of aliphatic hydroxyl groups excluding tert-OH is 1. The number of carbonyl (C=O) groups is 1. The molecule has 0 bridgehead atoms. The van der Waals surface area contributed by atoms with Crippen LogP contribution in [0, 0.1) is 0 Å². The number of imidazole rings is 1. The highest BCUT2D eigenvalue weighted by Gasteiger charge is 2.47. The summed E-state index contributed by atoms with van der Waals surface area (Å²) in [6, 6.07) is 7.91. The van der Waals surface area contributed by atoms with E-state index in [1.54, 1.807) is 0 Å². The van der Waals surface area contributed by atoms with Gasteiger partial charge in [0.15, 0.2) is 9.84 Å². The van der Waals surface area contributed by atoms with Gasteiger partial charge in [-0.2, -0.15) is 13.2 Å². The fourth-order valence-corrected chi connectivity index (χ4v) is 4.28. The Morgan fingerprint density at radius 3 is 2.53 bits per heavy atom. The van der Waals surface area contributed by atoms with E-state index in [1.807, 2.05) is 0 Å². The fraction of sp³-hybridized carbons (Fsp3) is 0.278. The topological polar surface area (TPSA) is 125 Å². The molecule has 3 aromatic rings. The number of nitrogens with one attached hydrogen (secondary N) is 2. The molecule has 30 heavy (non-hydrogen) atoms. The van der Waals surface area contributed by atoms with Crippen molar-refractivity contribution in [2.45, 2.75) is 18.0 Å². The zero-order valence-corrected chi connectivity index (χ0v) is 16.4. The second-order valence-electron chi connectivity index (χ2n) is 6.37. The van der Waals surface area contributed by atoms with Gasteiger partial charge in [-0.1, -0.05) is 13.0 Å². The number of pyridine rings is 1. The van der Waals surface area contributed by atoms with Crippen LogP contribution in [0.5, 0.6) is 0 Å². The number of hydrogen-bond donors (Lipinski definition) is 3. The number of nitrogens with zero attached hydrogens (tertiary/aromatic N) is 2. The molecule has 8 nitrogen and oxygen atoms in total. The molecular weight excluding hydrogens is 425 g/mol. The number of sulfone groups is 1. The Bertz CT molecular complexity index is 1180. The number of halogens is 3. The summed E-state index contributed by atoms with van der Waals surface area (Å²) in [6.07, 6.45) is -3.38. The highest BCUT2D eigenvalue weighted by molar-refractivity contribution is 7.92. The summed E-state index contributed by atoms with van der Waals surface area (Å²) in [5, 5.41) is 12.3. The number of aromatic amines is 1. The van der Waals surface area contributed by atoms with Gasteiger partial charge in [0.1, 0.15) is 0 Å². The number of fused-ring (bicyclic) bond motifs is 1. The van der Waals surface area contributed by atoms with E-state index < -0.39 is 45.0 Å². The standard InChI is InChI=1S/C18H17F3N4O4S/c1-2-30(28,29)17(10-26,14-5-3-4-8-22-14)25-15(27)11-6-7-12-13(9-11)24-16(23-12)18(19,20)21/h3-9,26H,2,10H2,1H3,(H,23,24)(H,25,27). The molecule has 0 spiro atoms. The molecule has 1 amide bonds. The number of benzene rings is 1. The number of alkyl halides is 3. The maximum Gasteiger partial charge on any atom is 0.449 e. The lowest BCUT2D eigenvalue weighted by Crippen LogP contribution is -2.55. The SMILES string of the molecule is CCS(=O)(=O)C(CO)(NC(=O)c1ccc2[nH]c(C(F)(F)F)nc2c1)c1ccccn1. The van der Waals surface area contributed by atoms with Crippen LogP contribution >= 0.6 is 0 Å². The van der Waals surface area contributed by atoms with Gasteiger partial charge < -0.3 is 15.4 Å². The van der Waals surface area contributed by atoms with Gasteiger partial charge in [0.2, 0.25) is 10.7 Å². The second kappa shape index (κ2) is 7.69. The van der Waals surface area contributed by atoms with Crippen LogP contribution in [0.15, 0.2) is 42.6 Å². The van der Waals surface area contributed by atoms with Crippen LogP contribution in [0.4, 0.5) is 13.2 Å². The average Bonchev–Trinajstić information content (AvgIpc) is 3.16. The zero-order chi connectivity index (χ0) is 22.2. The third-order valence-corrected chi connectivity index (χ3v) is 6.80. The highest BCUT2D eigenvalue weighted by atomic mass is 32.2. The van der Waals surface area contributed by atoms with Crippen LogP contribution in [-0.2, 0) is 20.9 Å². The van der Waals surface area contributed by atoms with E-state index in [4.69, 9.17) is 0 Å². The van der Waals surface area contributed by atoms with Crippen molar-refractivity contribution < 1.29 is 31.5 Å². The Morgan fingerprint density at radius 2 is 1.97 bits per heavy atom. The van der Waals surface area contributed by atoms with Crippen molar-refractivity contribution in [2.75, 3.05) is 12.4 Å². The van der Waals surface area contributed by atoms with Gasteiger partial charge >= 0.3 is 6.18 Å². The van der Waals surface area contributed by atoms with Crippen LogP contribution in [0.2, 0.25) is 0 Å². The molecule has 2 aromatic heterocycles. The van der Waals surface area contributed by atoms with Gasteiger partial charge in [0.25, 0.3) is 5.91 Å². The van der Waals surface area contributed by atoms with E-state index in [9.17, 15) is 31.5 Å². The third kappa shape index (κ3) is 3.75. The van der Waals surface area contributed by atoms with Crippen molar-refractivity contribution in [1.82, 2.24) is 20.3 Å². The molecular formula is C18H17F3N4O4S. The van der Waals surface area contributed by atoms with Crippen LogP contribution in [-0.4, -0.2) is 46.7 Å². The minimum Gasteiger partial charge on any atom is -0.392 e. The van der Waals surface area contributed by atoms with Gasteiger partial charge in [0, 0.05) is 11.8 Å². The van der Waals surface area contributed by atoms with E-state index in [0.717, 1.165) is 6.07 Å². The summed E-state index contributed by atoms with van der Waals surface area (Å²) >= 11 is 0. The third-order valence-electron chi connectivity index (χ3n) is 4.54. The Hall–Kier alpha value is -2.99. The first-order valence-corrected chi connectivity index (χ1v) is 10.3. The Morgan fingerprint density at radius 1 is 1.23 bits per heavy atom. The second-order valence-corrected chi connectivity index (χ2v) is 8.88. The number of carbonyl (C=O) groups excluding carboxylic acids is 1. The van der Waals surface area contributed by atoms with Gasteiger partial charge in [-0.15, -0.1) is 0 Å². The van der Waals surface area contributed by atoms with Crippen LogP contribution in [0.3, 0.4) is 0 Å². The summed E-state index contributed by atoms with van der Waals surface area (Å²) < 4.78 is 64.1. The first kappa shape index (κ1) is 21.7. The number of hydrogen-bond acceptors (Lipinski definition) is 6. The van der Waals surface area contributed by atoms with Crippen LogP contribution in [0.25, 0.3) is 11.0 Å². The van der Waals surface area contributed by atoms with Gasteiger partial charge in [-0.05, 0) is 30.3 Å². The van der Waals surface area contributed by atoms with E-state index in [0.29, 0.717) is 0 Å². The molecule has 0 saturated carbocycles. The number of rotatable bonds is 6. The molecule has 160 valence electrons. The largest absolute Gasteiger partial charge is 0.449 e. The maximum absolute atomic E-state index is 12.8. The number of aromatic nitrogens is 3. The van der Waals surface area contributed by atoms with Crippen LogP contribution < -0.4 is 5.32 Å². The van der Waals surface area contributed by atoms with Gasteiger partial charge in [-0.3, -0.25) is 9.78 Å². The number of amides is 1. The van der Waals surface area contributed by atoms with Crippen molar-refractivity contribution in [2.24, 2.45) is 0 Å². The summed E-state index contributed by atoms with van der Waals surface area (Å²) in [5.41, 5.74) is -0.301. The summed E-state index contributed by atoms with van der Waals surface area (Å²) in [5.74, 6) is -2.55. The average molecular weight is 442 g/mol. The molecule has 3 N–H and O–H groups in total. The molecule has 0 radical (unpaired) electrons. The lowest BCUT2D eigenvalue weighted by atomic mass is 10.1. The van der Waals surface area contributed by atoms with E-state index in [2.05, 4.69) is 20.3 Å². The molecule has 1 unspecified atom stereocenters. The van der Waals surface area contributed by atoms with E-state index in [-0.39, 0.29) is 22.3 Å². The quantitative estimate of drug-likeness (QED) is 0.536. The van der Waals surface area contributed by atoms with Crippen molar-refractivity contribution in [3.8, 4) is 0 Å². The van der Waals surface area contributed by atoms with E-state index >= 15 is 0 Å². The normalized spacial score (nSPS) is 14.4. The predicted molar refractivity (Wildman–Crippen MR) is 101 cm³/mol. The molecule has 0 aliphatic heterocycles. The lowest BCUT2D eigenvalue weighted by Gasteiger charge is -2.31. The van der Waals surface area contributed by atoms with E-state index in [1.165, 1.54) is 43.5 Å². The number of H-pyrrole nitrogens is 1. The zero-order valence-electron chi connectivity index (χ0n) is 15.6. The highest BCUT2D eigenvalue weighted by Crippen LogP contribution is 2.30. The van der Waals surface area contributed by atoms with Crippen LogP contribution in [0.1, 0.15) is 28.8 Å². The summed E-state index contributed by atoms with van der Waals surface area (Å²) in [7, 11) is -4.10. The molecule has 0 aliphatic rings. The predicted octanol–water partition coefficient (Wildman–Crippen LogP) is 1.99. The lowest BCUT2D eigenvalue weighted by molar-refractivity contribution is -0.144. The van der Waals surface area contributed by atoms with Crippen molar-refractivity contribution in [3.05, 3.63) is 59.7 Å². The molecule has 0 aliphatic carbocycles.